The molecule has 0 bridgehead atoms. The van der Waals surface area contributed by atoms with Crippen LogP contribution in [0.5, 0.6) is 5.88 Å². The lowest BCUT2D eigenvalue weighted by molar-refractivity contribution is 0.341. The van der Waals surface area contributed by atoms with Gasteiger partial charge in [-0.05, 0) is 24.1 Å². The summed E-state index contributed by atoms with van der Waals surface area (Å²) in [6, 6.07) is 1.94. The molecule has 0 fully saturated rings. The van der Waals surface area contributed by atoms with Crippen LogP contribution in [0.1, 0.15) is 11.1 Å². The third-order valence-corrected chi connectivity index (χ3v) is 1.97. The lowest BCUT2D eigenvalue weighted by Crippen LogP contribution is -1.95. The van der Waals surface area contributed by atoms with Crippen LogP contribution in [0.4, 0.5) is 0 Å². The molecule has 0 aliphatic rings. The Morgan fingerprint density at radius 2 is 2.27 bits per heavy atom. The van der Waals surface area contributed by atoms with Crippen LogP contribution in [0.2, 0.25) is 0 Å². The first-order valence-corrected chi connectivity index (χ1v) is 4.65. The molecule has 0 saturated carbocycles. The molecule has 1 aromatic rings. The topological polar surface area (TPSA) is 31.4 Å². The third kappa shape index (κ3) is 2.84. The SMILES string of the molecule is C=CCc1ccnc(OC)c1/C=C/OC. The van der Waals surface area contributed by atoms with Crippen LogP contribution in [0, 0.1) is 0 Å². The highest BCUT2D eigenvalue weighted by Gasteiger charge is 2.05. The third-order valence-electron chi connectivity index (χ3n) is 1.97. The van der Waals surface area contributed by atoms with Crippen molar-refractivity contribution in [1.82, 2.24) is 4.98 Å². The standard InChI is InChI=1S/C12H15NO2/c1-4-5-10-6-8-13-12(15-3)11(10)7-9-14-2/h4,6-9H,1,5H2,2-3H3/b9-7+. The molecule has 1 heterocycles. The second-order valence-electron chi connectivity index (χ2n) is 2.92. The molecule has 80 valence electrons. The molecular formula is C12H15NO2. The van der Waals surface area contributed by atoms with Crippen molar-refractivity contribution in [3.63, 3.8) is 0 Å². The Balaban J connectivity index is 3.13. The van der Waals surface area contributed by atoms with E-state index in [0.717, 1.165) is 17.5 Å². The van der Waals surface area contributed by atoms with Crippen LogP contribution >= 0.6 is 0 Å². The van der Waals surface area contributed by atoms with E-state index in [4.69, 9.17) is 9.47 Å². The van der Waals surface area contributed by atoms with Gasteiger partial charge in [-0.2, -0.15) is 0 Å². The summed E-state index contributed by atoms with van der Waals surface area (Å²) in [7, 11) is 3.21. The molecule has 0 aliphatic heterocycles. The number of hydrogen-bond acceptors (Lipinski definition) is 3. The first-order valence-electron chi connectivity index (χ1n) is 4.65. The number of allylic oxidation sites excluding steroid dienone is 1. The normalized spacial score (nSPS) is 10.3. The number of hydrogen-bond donors (Lipinski definition) is 0. The smallest absolute Gasteiger partial charge is 0.220 e. The van der Waals surface area contributed by atoms with Crippen molar-refractivity contribution in [3.8, 4) is 5.88 Å². The Morgan fingerprint density at radius 1 is 1.47 bits per heavy atom. The number of pyridine rings is 1. The highest BCUT2D eigenvalue weighted by Crippen LogP contribution is 2.21. The minimum atomic E-state index is 0.600. The van der Waals surface area contributed by atoms with Crippen LogP contribution in [-0.4, -0.2) is 19.2 Å². The van der Waals surface area contributed by atoms with Crippen molar-refractivity contribution in [2.45, 2.75) is 6.42 Å². The van der Waals surface area contributed by atoms with E-state index in [0.29, 0.717) is 5.88 Å². The van der Waals surface area contributed by atoms with Crippen molar-refractivity contribution in [2.75, 3.05) is 14.2 Å². The lowest BCUT2D eigenvalue weighted by Gasteiger charge is -2.07. The Bertz CT molecular complexity index is 359. The second-order valence-corrected chi connectivity index (χ2v) is 2.92. The molecule has 0 unspecified atom stereocenters. The molecule has 3 heteroatoms. The van der Waals surface area contributed by atoms with Crippen molar-refractivity contribution in [1.29, 1.82) is 0 Å². The summed E-state index contributed by atoms with van der Waals surface area (Å²) in [5.74, 6) is 0.600. The first-order chi connectivity index (χ1) is 7.33. The molecule has 1 rings (SSSR count). The predicted molar refractivity (Wildman–Crippen MR) is 60.7 cm³/mol. The predicted octanol–water partition coefficient (Wildman–Crippen LogP) is 2.44. The molecule has 0 atom stereocenters. The van der Waals surface area contributed by atoms with Gasteiger partial charge >= 0.3 is 0 Å². The van der Waals surface area contributed by atoms with E-state index < -0.39 is 0 Å². The molecule has 0 amide bonds. The maximum absolute atomic E-state index is 5.18. The van der Waals surface area contributed by atoms with Crippen LogP contribution in [0.3, 0.4) is 0 Å². The lowest BCUT2D eigenvalue weighted by atomic mass is 10.1. The van der Waals surface area contributed by atoms with Crippen molar-refractivity contribution >= 4 is 6.08 Å². The summed E-state index contributed by atoms with van der Waals surface area (Å²) in [5, 5.41) is 0. The number of aromatic nitrogens is 1. The largest absolute Gasteiger partial charge is 0.504 e. The van der Waals surface area contributed by atoms with Gasteiger partial charge in [-0.1, -0.05) is 6.08 Å². The molecule has 0 aromatic carbocycles. The van der Waals surface area contributed by atoms with E-state index in [2.05, 4.69) is 11.6 Å². The summed E-state index contributed by atoms with van der Waals surface area (Å²) in [5.41, 5.74) is 2.05. The van der Waals surface area contributed by atoms with Crippen LogP contribution in [0.15, 0.2) is 31.2 Å². The number of rotatable bonds is 5. The van der Waals surface area contributed by atoms with Crippen LogP contribution < -0.4 is 4.74 Å². The fourth-order valence-corrected chi connectivity index (χ4v) is 1.30. The fourth-order valence-electron chi connectivity index (χ4n) is 1.30. The van der Waals surface area contributed by atoms with Gasteiger partial charge in [-0.15, -0.1) is 6.58 Å². The highest BCUT2D eigenvalue weighted by atomic mass is 16.5. The molecule has 3 nitrogen and oxygen atoms in total. The summed E-state index contributed by atoms with van der Waals surface area (Å²) in [6.45, 7) is 3.72. The summed E-state index contributed by atoms with van der Waals surface area (Å²) < 4.78 is 10.1. The summed E-state index contributed by atoms with van der Waals surface area (Å²) >= 11 is 0. The minimum absolute atomic E-state index is 0.600. The Kier molecular flexibility index (Phi) is 4.41. The quantitative estimate of drug-likeness (QED) is 0.546. The molecule has 0 aliphatic carbocycles. The number of ether oxygens (including phenoxy) is 2. The molecule has 0 radical (unpaired) electrons. The monoisotopic (exact) mass is 205 g/mol. The van der Waals surface area contributed by atoms with Gasteiger partial charge < -0.3 is 9.47 Å². The van der Waals surface area contributed by atoms with Crippen LogP contribution in [0.25, 0.3) is 6.08 Å². The zero-order valence-electron chi connectivity index (χ0n) is 9.06. The van der Waals surface area contributed by atoms with Gasteiger partial charge in [0.2, 0.25) is 5.88 Å². The van der Waals surface area contributed by atoms with Crippen molar-refractivity contribution in [3.05, 3.63) is 42.3 Å². The first kappa shape index (κ1) is 11.3. The van der Waals surface area contributed by atoms with E-state index in [1.807, 2.05) is 18.2 Å². The summed E-state index contributed by atoms with van der Waals surface area (Å²) in [6.07, 6.45) is 7.79. The van der Waals surface area contributed by atoms with Gasteiger partial charge in [-0.25, -0.2) is 4.98 Å². The van der Waals surface area contributed by atoms with E-state index >= 15 is 0 Å². The Morgan fingerprint density at radius 3 is 2.87 bits per heavy atom. The van der Waals surface area contributed by atoms with E-state index in [1.165, 1.54) is 0 Å². The van der Waals surface area contributed by atoms with Gasteiger partial charge in [0.1, 0.15) is 0 Å². The molecule has 15 heavy (non-hydrogen) atoms. The van der Waals surface area contributed by atoms with Crippen LogP contribution in [-0.2, 0) is 11.2 Å². The average molecular weight is 205 g/mol. The number of nitrogens with zero attached hydrogens (tertiary/aromatic N) is 1. The molecule has 0 N–H and O–H groups in total. The zero-order chi connectivity index (χ0) is 11.1. The van der Waals surface area contributed by atoms with E-state index in [9.17, 15) is 0 Å². The molecular weight excluding hydrogens is 190 g/mol. The van der Waals surface area contributed by atoms with Gasteiger partial charge in [0, 0.05) is 11.8 Å². The van der Waals surface area contributed by atoms with Gasteiger partial charge in [0.25, 0.3) is 0 Å². The van der Waals surface area contributed by atoms with Gasteiger partial charge in [0.15, 0.2) is 0 Å². The number of methoxy groups -OCH3 is 2. The van der Waals surface area contributed by atoms with E-state index in [1.54, 1.807) is 26.7 Å². The molecule has 0 spiro atoms. The Hall–Kier alpha value is -1.77. The van der Waals surface area contributed by atoms with Crippen molar-refractivity contribution in [2.24, 2.45) is 0 Å². The minimum Gasteiger partial charge on any atom is -0.504 e. The second kappa shape index (κ2) is 5.86. The maximum atomic E-state index is 5.18. The Labute approximate surface area is 90.1 Å². The van der Waals surface area contributed by atoms with Gasteiger partial charge in [0.05, 0.1) is 20.5 Å². The highest BCUT2D eigenvalue weighted by molar-refractivity contribution is 5.58. The fraction of sp³-hybridized carbons (Fsp3) is 0.250. The zero-order valence-corrected chi connectivity index (χ0v) is 9.06. The van der Waals surface area contributed by atoms with E-state index in [-0.39, 0.29) is 0 Å². The molecule has 1 aromatic heterocycles. The molecule has 0 saturated heterocycles. The summed E-state index contributed by atoms with van der Waals surface area (Å²) in [4.78, 5) is 4.13. The average Bonchev–Trinajstić information content (AvgIpc) is 2.27. The maximum Gasteiger partial charge on any atom is 0.220 e. The van der Waals surface area contributed by atoms with Crippen molar-refractivity contribution < 1.29 is 9.47 Å². The van der Waals surface area contributed by atoms with Gasteiger partial charge in [-0.3, -0.25) is 0 Å².